The maximum absolute atomic E-state index is 14.7. The highest BCUT2D eigenvalue weighted by Crippen LogP contribution is 2.44. The molecule has 0 saturated carbocycles. The van der Waals surface area contributed by atoms with E-state index in [2.05, 4.69) is 15.7 Å². The number of aryl methyl sites for hydroxylation is 2. The number of hydrogen-bond acceptors (Lipinski definition) is 9. The van der Waals surface area contributed by atoms with Crippen molar-refractivity contribution >= 4 is 52.8 Å². The Morgan fingerprint density at radius 2 is 1.68 bits per heavy atom. The number of anilines is 3. The summed E-state index contributed by atoms with van der Waals surface area (Å²) in [7, 11) is 1.75. The predicted molar refractivity (Wildman–Crippen MR) is 208 cm³/mol. The highest BCUT2D eigenvalue weighted by molar-refractivity contribution is 6.24. The summed E-state index contributed by atoms with van der Waals surface area (Å²) in [6.07, 6.45) is 3.89. The van der Waals surface area contributed by atoms with Crippen molar-refractivity contribution in [1.82, 2.24) is 39.6 Å². The average molecular weight is 809 g/mol. The number of imide groups is 2. The van der Waals surface area contributed by atoms with E-state index < -0.39 is 36.1 Å². The standard InChI is InChI=1S/C41H42F2N10O6/c1-22(54)50-15-11-32-31(21-50)37(51-12-3-4-23-16-28(24-19-44-48(2)20-24)29(36(42)43)18-34(23)51)47-53(32)26-9-13-49(14-10-26)41(59)45-25-5-6-27-30(17-25)40(58)52(39(27)57)33-7-8-35(55)46-38(33)56/h5-6,16-20,26,33,36H,3-4,7-15,21H2,1-2H3,(H,45,59)(H,46,55,56). The lowest BCUT2D eigenvalue weighted by atomic mass is 9.92. The minimum absolute atomic E-state index is 0.0102. The molecule has 7 heterocycles. The highest BCUT2D eigenvalue weighted by Gasteiger charge is 2.45. The van der Waals surface area contributed by atoms with E-state index in [1.54, 1.807) is 40.0 Å². The van der Waals surface area contributed by atoms with Gasteiger partial charge in [-0.1, -0.05) is 0 Å². The summed E-state index contributed by atoms with van der Waals surface area (Å²) in [4.78, 5) is 83.1. The molecule has 9 rings (SSSR count). The van der Waals surface area contributed by atoms with Gasteiger partial charge in [0.25, 0.3) is 18.2 Å². The maximum atomic E-state index is 14.7. The van der Waals surface area contributed by atoms with Gasteiger partial charge in [-0.3, -0.25) is 43.6 Å². The van der Waals surface area contributed by atoms with Gasteiger partial charge in [-0.25, -0.2) is 13.6 Å². The van der Waals surface area contributed by atoms with Gasteiger partial charge in [0.05, 0.1) is 29.9 Å². The fraction of sp³-hybridized carbons (Fsp3) is 0.415. The van der Waals surface area contributed by atoms with Crippen LogP contribution in [0.3, 0.4) is 0 Å². The molecule has 2 N–H and O–H groups in total. The smallest absolute Gasteiger partial charge is 0.321 e. The molecular weight excluding hydrogens is 767 g/mol. The number of amides is 7. The van der Waals surface area contributed by atoms with Crippen LogP contribution < -0.4 is 15.5 Å². The molecule has 2 saturated heterocycles. The van der Waals surface area contributed by atoms with Gasteiger partial charge in [0.2, 0.25) is 17.7 Å². The fourth-order valence-corrected chi connectivity index (χ4v) is 9.14. The Morgan fingerprint density at radius 1 is 0.898 bits per heavy atom. The molecule has 5 aliphatic heterocycles. The van der Waals surface area contributed by atoms with Crippen molar-refractivity contribution in [1.29, 1.82) is 0 Å². The summed E-state index contributed by atoms with van der Waals surface area (Å²) in [5.74, 6) is -1.86. The fourth-order valence-electron chi connectivity index (χ4n) is 9.14. The van der Waals surface area contributed by atoms with Crippen molar-refractivity contribution < 1.29 is 37.5 Å². The van der Waals surface area contributed by atoms with Crippen LogP contribution >= 0.6 is 0 Å². The molecule has 306 valence electrons. The monoisotopic (exact) mass is 808 g/mol. The van der Waals surface area contributed by atoms with Crippen molar-refractivity contribution in [3.63, 3.8) is 0 Å². The highest BCUT2D eigenvalue weighted by atomic mass is 19.3. The lowest BCUT2D eigenvalue weighted by Crippen LogP contribution is -2.54. The van der Waals surface area contributed by atoms with E-state index in [9.17, 15) is 37.5 Å². The van der Waals surface area contributed by atoms with Gasteiger partial charge in [0.15, 0.2) is 5.82 Å². The van der Waals surface area contributed by atoms with Crippen molar-refractivity contribution in [3.8, 4) is 11.1 Å². The number of nitrogens with one attached hydrogen (secondary N) is 2. The molecule has 59 heavy (non-hydrogen) atoms. The molecule has 5 aliphatic rings. The molecule has 0 aliphatic carbocycles. The zero-order valence-corrected chi connectivity index (χ0v) is 32.5. The summed E-state index contributed by atoms with van der Waals surface area (Å²) in [5.41, 5.74) is 5.00. The van der Waals surface area contributed by atoms with Crippen LogP contribution in [-0.4, -0.2) is 102 Å². The number of carbonyl (C=O) groups is 6. The number of halogens is 2. The summed E-state index contributed by atoms with van der Waals surface area (Å²) in [6.45, 7) is 3.77. The van der Waals surface area contributed by atoms with Gasteiger partial charge in [0, 0.05) is 92.9 Å². The Bertz CT molecular complexity index is 2450. The molecule has 18 heteroatoms. The van der Waals surface area contributed by atoms with Crippen molar-refractivity contribution in [3.05, 3.63) is 76.2 Å². The molecule has 0 spiro atoms. The number of rotatable bonds is 6. The Labute approximate surface area is 337 Å². The van der Waals surface area contributed by atoms with Crippen LogP contribution in [0.2, 0.25) is 0 Å². The van der Waals surface area contributed by atoms with Crippen LogP contribution in [0, 0.1) is 0 Å². The van der Waals surface area contributed by atoms with Crippen LogP contribution in [0.15, 0.2) is 42.7 Å². The number of hydrogen-bond donors (Lipinski definition) is 2. The summed E-state index contributed by atoms with van der Waals surface area (Å²) in [6, 6.07) is 6.30. The first-order chi connectivity index (χ1) is 28.4. The van der Waals surface area contributed by atoms with Gasteiger partial charge in [0.1, 0.15) is 6.04 Å². The second kappa shape index (κ2) is 14.7. The molecule has 1 unspecified atom stereocenters. The number of urea groups is 1. The van der Waals surface area contributed by atoms with Gasteiger partial charge in [-0.05, 0) is 73.6 Å². The van der Waals surface area contributed by atoms with E-state index in [1.807, 2.05) is 15.6 Å². The van der Waals surface area contributed by atoms with E-state index >= 15 is 0 Å². The molecule has 1 atom stereocenters. The van der Waals surface area contributed by atoms with E-state index in [0.29, 0.717) is 86.7 Å². The Hall–Kier alpha value is -6.46. The summed E-state index contributed by atoms with van der Waals surface area (Å²) in [5, 5.41) is 14.4. The molecule has 2 aromatic carbocycles. The van der Waals surface area contributed by atoms with Gasteiger partial charge in [-0.2, -0.15) is 10.2 Å². The van der Waals surface area contributed by atoms with Crippen LogP contribution in [0.4, 0.5) is 30.8 Å². The summed E-state index contributed by atoms with van der Waals surface area (Å²) >= 11 is 0. The minimum atomic E-state index is -2.72. The molecule has 2 fully saturated rings. The molecule has 16 nitrogen and oxygen atoms in total. The lowest BCUT2D eigenvalue weighted by molar-refractivity contribution is -0.136. The van der Waals surface area contributed by atoms with Gasteiger partial charge < -0.3 is 20.0 Å². The van der Waals surface area contributed by atoms with E-state index in [0.717, 1.165) is 28.1 Å². The second-order valence-corrected chi connectivity index (χ2v) is 15.8. The van der Waals surface area contributed by atoms with Crippen LogP contribution in [0.25, 0.3) is 11.1 Å². The topological polar surface area (TPSA) is 175 Å². The average Bonchev–Trinajstić information content (AvgIpc) is 3.90. The molecular formula is C41H42F2N10O6. The van der Waals surface area contributed by atoms with Gasteiger partial charge >= 0.3 is 6.03 Å². The van der Waals surface area contributed by atoms with Crippen LogP contribution in [0.5, 0.6) is 0 Å². The van der Waals surface area contributed by atoms with E-state index in [1.165, 1.54) is 25.1 Å². The normalized spacial score (nSPS) is 19.6. The first kappa shape index (κ1) is 38.1. The number of aromatic nitrogens is 4. The largest absolute Gasteiger partial charge is 0.338 e. The van der Waals surface area contributed by atoms with E-state index in [-0.39, 0.29) is 47.5 Å². The third kappa shape index (κ3) is 6.69. The zero-order valence-electron chi connectivity index (χ0n) is 32.5. The van der Waals surface area contributed by atoms with Crippen LogP contribution in [-0.2, 0) is 40.8 Å². The molecule has 7 amide bonds. The third-order valence-electron chi connectivity index (χ3n) is 12.2. The Kier molecular flexibility index (Phi) is 9.51. The van der Waals surface area contributed by atoms with Crippen molar-refractivity contribution in [2.45, 2.75) is 76.9 Å². The Morgan fingerprint density at radius 3 is 2.39 bits per heavy atom. The molecule has 4 aromatic rings. The number of fused-ring (bicyclic) bond motifs is 3. The van der Waals surface area contributed by atoms with E-state index in [4.69, 9.17) is 5.10 Å². The number of alkyl halides is 2. The van der Waals surface area contributed by atoms with Crippen LogP contribution in [0.1, 0.15) is 94.6 Å². The number of likely N-dealkylation sites (tertiary alicyclic amines) is 1. The number of benzene rings is 2. The zero-order chi connectivity index (χ0) is 41.3. The molecule has 0 radical (unpaired) electrons. The summed E-state index contributed by atoms with van der Waals surface area (Å²) < 4.78 is 33.0. The Balaban J connectivity index is 0.935. The maximum Gasteiger partial charge on any atom is 0.321 e. The number of carbonyl (C=O) groups excluding carboxylic acids is 6. The predicted octanol–water partition coefficient (Wildman–Crippen LogP) is 4.48. The van der Waals surface area contributed by atoms with Gasteiger partial charge in [-0.15, -0.1) is 0 Å². The first-order valence-electron chi connectivity index (χ1n) is 19.8. The number of nitrogens with zero attached hydrogens (tertiary/aromatic N) is 8. The lowest BCUT2D eigenvalue weighted by Gasteiger charge is -2.34. The number of piperidine rings is 2. The quantitative estimate of drug-likeness (QED) is 0.266. The van der Waals surface area contributed by atoms with Crippen molar-refractivity contribution in [2.75, 3.05) is 36.4 Å². The first-order valence-corrected chi connectivity index (χ1v) is 19.8. The van der Waals surface area contributed by atoms with Crippen molar-refractivity contribution in [2.24, 2.45) is 7.05 Å². The minimum Gasteiger partial charge on any atom is -0.338 e. The molecule has 2 aromatic heterocycles. The third-order valence-corrected chi connectivity index (χ3v) is 12.2. The SMILES string of the molecule is CC(=O)N1CCc2c(c(N3CCCc4cc(-c5cnn(C)c5)c(C(F)F)cc43)nn2C2CCN(C(=O)Nc3ccc4c(c3)C(=O)N(C3CCC(=O)NC3=O)C4=O)CC2)C1. The second-order valence-electron chi connectivity index (χ2n) is 15.8. The molecule has 0 bridgehead atoms.